The maximum Gasteiger partial charge on any atom is 0.162 e. The highest BCUT2D eigenvalue weighted by Crippen LogP contribution is 2.31. The Balaban J connectivity index is 1.37. The minimum atomic E-state index is 0.597. The fourth-order valence-electron chi connectivity index (χ4n) is 4.39. The van der Waals surface area contributed by atoms with Crippen molar-refractivity contribution in [1.29, 1.82) is 0 Å². The van der Waals surface area contributed by atoms with Crippen molar-refractivity contribution in [2.45, 2.75) is 18.9 Å². The molecule has 168 valence electrons. The molecule has 0 bridgehead atoms. The van der Waals surface area contributed by atoms with Crippen molar-refractivity contribution in [1.82, 2.24) is 19.9 Å². The van der Waals surface area contributed by atoms with Gasteiger partial charge in [0.2, 0.25) is 0 Å². The summed E-state index contributed by atoms with van der Waals surface area (Å²) in [5.41, 5.74) is 6.62. The summed E-state index contributed by atoms with van der Waals surface area (Å²) in [6, 6.07) is 16.7. The zero-order valence-corrected chi connectivity index (χ0v) is 19.4. The molecule has 7 heteroatoms. The average molecular weight is 459 g/mol. The summed E-state index contributed by atoms with van der Waals surface area (Å²) in [5, 5.41) is 12.1. The van der Waals surface area contributed by atoms with Crippen molar-refractivity contribution >= 4 is 34.3 Å². The van der Waals surface area contributed by atoms with Gasteiger partial charge in [-0.2, -0.15) is 5.10 Å². The van der Waals surface area contributed by atoms with E-state index in [0.717, 1.165) is 59.7 Å². The molecule has 0 spiro atoms. The van der Waals surface area contributed by atoms with Gasteiger partial charge in [0.1, 0.15) is 0 Å². The zero-order valence-electron chi connectivity index (χ0n) is 18.6. The third-order valence-corrected chi connectivity index (χ3v) is 6.51. The van der Waals surface area contributed by atoms with Crippen molar-refractivity contribution in [3.05, 3.63) is 84.3 Å². The van der Waals surface area contributed by atoms with E-state index in [1.807, 2.05) is 56.0 Å². The van der Waals surface area contributed by atoms with Gasteiger partial charge in [0.05, 0.1) is 17.6 Å². The normalized spacial score (nSPS) is 14.5. The van der Waals surface area contributed by atoms with Crippen LogP contribution in [-0.4, -0.2) is 40.8 Å². The topological polar surface area (TPSA) is 57.5 Å². The van der Waals surface area contributed by atoms with Gasteiger partial charge in [-0.3, -0.25) is 0 Å². The monoisotopic (exact) mass is 458 g/mol. The van der Waals surface area contributed by atoms with Crippen LogP contribution in [0.3, 0.4) is 0 Å². The SMILES string of the molecule is C=C(Nc1ccccc1N1CCC(NC)CC1)c1cnc2c(-c3cccc(Cl)c3)cnn2c1. The average Bonchev–Trinajstić information content (AvgIpc) is 3.28. The first-order valence-corrected chi connectivity index (χ1v) is 11.6. The van der Waals surface area contributed by atoms with E-state index in [-0.39, 0.29) is 0 Å². The Labute approximate surface area is 198 Å². The number of aromatic nitrogens is 3. The highest BCUT2D eigenvalue weighted by atomic mass is 35.5. The van der Waals surface area contributed by atoms with E-state index in [1.165, 1.54) is 5.69 Å². The number of anilines is 2. The number of rotatable bonds is 6. The van der Waals surface area contributed by atoms with Crippen molar-refractivity contribution in [2.75, 3.05) is 30.4 Å². The van der Waals surface area contributed by atoms with Crippen LogP contribution in [0.25, 0.3) is 22.5 Å². The first kappa shape index (κ1) is 21.5. The van der Waals surface area contributed by atoms with E-state index < -0.39 is 0 Å². The van der Waals surface area contributed by atoms with Gasteiger partial charge in [-0.25, -0.2) is 9.50 Å². The van der Waals surface area contributed by atoms with E-state index in [9.17, 15) is 0 Å². The largest absolute Gasteiger partial charge is 0.370 e. The number of hydrogen-bond donors (Lipinski definition) is 2. The van der Waals surface area contributed by atoms with Crippen molar-refractivity contribution < 1.29 is 0 Å². The first-order valence-electron chi connectivity index (χ1n) is 11.2. The molecule has 5 rings (SSSR count). The second kappa shape index (κ2) is 9.25. The van der Waals surface area contributed by atoms with Gasteiger partial charge < -0.3 is 15.5 Å². The lowest BCUT2D eigenvalue weighted by atomic mass is 10.0. The van der Waals surface area contributed by atoms with Gasteiger partial charge in [0.15, 0.2) is 5.65 Å². The molecule has 0 aliphatic carbocycles. The molecule has 0 saturated carbocycles. The van der Waals surface area contributed by atoms with Crippen LogP contribution in [0.5, 0.6) is 0 Å². The molecule has 0 atom stereocenters. The second-order valence-electron chi connectivity index (χ2n) is 8.35. The summed E-state index contributed by atoms with van der Waals surface area (Å²) in [6.45, 7) is 6.34. The summed E-state index contributed by atoms with van der Waals surface area (Å²) in [7, 11) is 2.04. The smallest absolute Gasteiger partial charge is 0.162 e. The molecule has 6 nitrogen and oxygen atoms in total. The summed E-state index contributed by atoms with van der Waals surface area (Å²) in [5.74, 6) is 0. The fraction of sp³-hybridized carbons (Fsp3) is 0.231. The van der Waals surface area contributed by atoms with Crippen LogP contribution < -0.4 is 15.5 Å². The molecule has 0 radical (unpaired) electrons. The Morgan fingerprint density at radius 3 is 2.70 bits per heavy atom. The van der Waals surface area contributed by atoms with Crippen molar-refractivity contribution in [2.24, 2.45) is 0 Å². The van der Waals surface area contributed by atoms with Crippen LogP contribution in [0.4, 0.5) is 11.4 Å². The zero-order chi connectivity index (χ0) is 22.8. The van der Waals surface area contributed by atoms with Gasteiger partial charge in [0.25, 0.3) is 0 Å². The van der Waals surface area contributed by atoms with Gasteiger partial charge in [-0.1, -0.05) is 42.4 Å². The summed E-state index contributed by atoms with van der Waals surface area (Å²) >= 11 is 6.17. The number of hydrogen-bond acceptors (Lipinski definition) is 5. The highest BCUT2D eigenvalue weighted by Gasteiger charge is 2.20. The molecule has 2 N–H and O–H groups in total. The predicted octanol–water partition coefficient (Wildman–Crippen LogP) is 5.32. The van der Waals surface area contributed by atoms with Gasteiger partial charge in [-0.15, -0.1) is 0 Å². The van der Waals surface area contributed by atoms with E-state index in [1.54, 1.807) is 4.52 Å². The van der Waals surface area contributed by atoms with E-state index in [4.69, 9.17) is 11.6 Å². The quantitative estimate of drug-likeness (QED) is 0.409. The molecule has 3 heterocycles. The molecule has 4 aromatic rings. The van der Waals surface area contributed by atoms with E-state index in [0.29, 0.717) is 11.1 Å². The molecule has 2 aromatic heterocycles. The third-order valence-electron chi connectivity index (χ3n) is 6.27. The molecule has 1 saturated heterocycles. The van der Waals surface area contributed by atoms with E-state index >= 15 is 0 Å². The molecular weight excluding hydrogens is 432 g/mol. The van der Waals surface area contributed by atoms with Crippen LogP contribution in [0, 0.1) is 0 Å². The lowest BCUT2D eigenvalue weighted by molar-refractivity contribution is 0.442. The number of halogens is 1. The minimum absolute atomic E-state index is 0.597. The molecule has 1 fully saturated rings. The number of piperidine rings is 1. The van der Waals surface area contributed by atoms with Crippen LogP contribution in [-0.2, 0) is 0 Å². The molecule has 1 aliphatic heterocycles. The number of para-hydroxylation sites is 2. The van der Waals surface area contributed by atoms with Crippen molar-refractivity contribution in [3.8, 4) is 11.1 Å². The molecule has 33 heavy (non-hydrogen) atoms. The molecule has 2 aromatic carbocycles. The molecule has 0 amide bonds. The lowest BCUT2D eigenvalue weighted by Crippen LogP contribution is -2.41. The van der Waals surface area contributed by atoms with Gasteiger partial charge in [-0.05, 0) is 49.7 Å². The maximum absolute atomic E-state index is 6.17. The maximum atomic E-state index is 6.17. The Hall–Kier alpha value is -3.35. The number of fused-ring (bicyclic) bond motifs is 1. The lowest BCUT2D eigenvalue weighted by Gasteiger charge is -2.34. The molecule has 1 aliphatic rings. The first-order chi connectivity index (χ1) is 16.1. The van der Waals surface area contributed by atoms with Gasteiger partial charge in [0, 0.05) is 53.4 Å². The van der Waals surface area contributed by atoms with Crippen LogP contribution in [0.2, 0.25) is 5.02 Å². The minimum Gasteiger partial charge on any atom is -0.370 e. The Morgan fingerprint density at radius 1 is 1.09 bits per heavy atom. The second-order valence-corrected chi connectivity index (χ2v) is 8.79. The Bertz CT molecular complexity index is 1290. The number of nitrogens with zero attached hydrogens (tertiary/aromatic N) is 4. The van der Waals surface area contributed by atoms with Crippen molar-refractivity contribution in [3.63, 3.8) is 0 Å². The Kier molecular flexibility index (Phi) is 6.03. The Morgan fingerprint density at radius 2 is 1.91 bits per heavy atom. The van der Waals surface area contributed by atoms with Crippen LogP contribution in [0.1, 0.15) is 18.4 Å². The standard InChI is InChI=1S/C26H27ClN6/c1-18(31-24-8-3-4-9-25(24)32-12-10-22(28-2)11-13-32)20-15-29-26-23(16-30-33(26)17-20)19-6-5-7-21(27)14-19/h3-9,14-17,22,28,31H,1,10-13H2,2H3. The molecule has 0 unspecified atom stereocenters. The fourth-order valence-corrected chi connectivity index (χ4v) is 4.58. The van der Waals surface area contributed by atoms with Crippen LogP contribution in [0.15, 0.2) is 73.7 Å². The van der Waals surface area contributed by atoms with Gasteiger partial charge >= 0.3 is 0 Å². The molecular formula is C26H27ClN6. The summed E-state index contributed by atoms with van der Waals surface area (Å²) in [4.78, 5) is 7.12. The predicted molar refractivity (Wildman–Crippen MR) is 137 cm³/mol. The summed E-state index contributed by atoms with van der Waals surface area (Å²) < 4.78 is 1.78. The number of nitrogens with one attached hydrogen (secondary N) is 2. The summed E-state index contributed by atoms with van der Waals surface area (Å²) in [6.07, 6.45) is 7.88. The van der Waals surface area contributed by atoms with E-state index in [2.05, 4.69) is 50.4 Å². The third kappa shape index (κ3) is 4.45. The highest BCUT2D eigenvalue weighted by molar-refractivity contribution is 6.30. The number of benzene rings is 2. The van der Waals surface area contributed by atoms with Crippen LogP contribution >= 0.6 is 11.6 Å².